The number of carbonyl (C=O) groups excluding carboxylic acids is 1. The highest BCUT2D eigenvalue weighted by Crippen LogP contribution is 2.30. The maximum Gasteiger partial charge on any atom is 0.277 e. The standard InChI is InChI=1S/C19H18F3IN4O5/c1-30-24-4-6-32-27-19(29)13-8-11(10-25-31-7-5-28)16(21)17(22)18(13)26-15-3-2-12(23)9-14(15)20/h2-4,8-10,26,28H,5-7H2,1H3,(H,27,29)/b24-4+,25-10+. The van der Waals surface area contributed by atoms with E-state index >= 15 is 0 Å². The van der Waals surface area contributed by atoms with Gasteiger partial charge in [-0.2, -0.15) is 0 Å². The minimum atomic E-state index is -1.46. The molecule has 2 aromatic carbocycles. The van der Waals surface area contributed by atoms with E-state index in [-0.39, 0.29) is 25.5 Å². The SMILES string of the molecule is CO/N=C/CONC(=O)c1cc(/C=N/OCCO)c(F)c(F)c1Nc1ccc(I)cc1F. The van der Waals surface area contributed by atoms with Gasteiger partial charge in [-0.15, -0.1) is 0 Å². The number of hydrogen-bond acceptors (Lipinski definition) is 8. The first-order chi connectivity index (χ1) is 15.4. The maximum absolute atomic E-state index is 14.9. The smallest absolute Gasteiger partial charge is 0.277 e. The fourth-order valence-electron chi connectivity index (χ4n) is 2.26. The lowest BCUT2D eigenvalue weighted by atomic mass is 10.1. The molecule has 0 saturated carbocycles. The normalized spacial score (nSPS) is 11.2. The Bertz CT molecular complexity index is 1010. The lowest BCUT2D eigenvalue weighted by molar-refractivity contribution is 0.0456. The lowest BCUT2D eigenvalue weighted by Gasteiger charge is -2.15. The third kappa shape index (κ3) is 7.06. The Balaban J connectivity index is 2.42. The number of rotatable bonds is 11. The van der Waals surface area contributed by atoms with Crippen LogP contribution in [-0.2, 0) is 14.5 Å². The van der Waals surface area contributed by atoms with Crippen LogP contribution in [0.2, 0.25) is 0 Å². The van der Waals surface area contributed by atoms with Crippen LogP contribution in [0.4, 0.5) is 24.5 Å². The fraction of sp³-hybridized carbons (Fsp3) is 0.211. The van der Waals surface area contributed by atoms with Crippen molar-refractivity contribution in [1.82, 2.24) is 5.48 Å². The molecule has 0 unspecified atom stereocenters. The molecule has 0 heterocycles. The van der Waals surface area contributed by atoms with Gasteiger partial charge in [-0.25, -0.2) is 18.7 Å². The molecule has 13 heteroatoms. The molecular formula is C19H18F3IN4O5. The molecule has 3 N–H and O–H groups in total. The topological polar surface area (TPSA) is 114 Å². The number of oxime groups is 2. The molecular weight excluding hydrogens is 548 g/mol. The van der Waals surface area contributed by atoms with Crippen molar-refractivity contribution >= 4 is 52.3 Å². The summed E-state index contributed by atoms with van der Waals surface area (Å²) in [5, 5.41) is 17.9. The summed E-state index contributed by atoms with van der Waals surface area (Å²) in [6.45, 7) is -0.687. The second-order valence-corrected chi connectivity index (χ2v) is 7.02. The number of hydrogen-bond donors (Lipinski definition) is 3. The Kier molecular flexibility index (Phi) is 10.2. The van der Waals surface area contributed by atoms with Crippen LogP contribution in [0, 0.1) is 21.0 Å². The van der Waals surface area contributed by atoms with E-state index in [1.54, 1.807) is 0 Å². The first kappa shape index (κ1) is 25.4. The molecule has 0 radical (unpaired) electrons. The van der Waals surface area contributed by atoms with Crippen molar-refractivity contribution in [2.75, 3.05) is 32.2 Å². The molecule has 0 aliphatic carbocycles. The van der Waals surface area contributed by atoms with Gasteiger partial charge in [0.15, 0.2) is 11.6 Å². The third-order valence-corrected chi connectivity index (χ3v) is 4.29. The average molecular weight is 566 g/mol. The van der Waals surface area contributed by atoms with Crippen LogP contribution in [0.1, 0.15) is 15.9 Å². The molecule has 9 nitrogen and oxygen atoms in total. The zero-order valence-electron chi connectivity index (χ0n) is 16.6. The van der Waals surface area contributed by atoms with Crippen LogP contribution in [0.25, 0.3) is 0 Å². The van der Waals surface area contributed by atoms with E-state index in [2.05, 4.69) is 25.3 Å². The van der Waals surface area contributed by atoms with Gasteiger partial charge in [0, 0.05) is 9.13 Å². The Labute approximate surface area is 194 Å². The highest BCUT2D eigenvalue weighted by atomic mass is 127. The number of anilines is 2. The summed E-state index contributed by atoms with van der Waals surface area (Å²) >= 11 is 1.89. The predicted octanol–water partition coefficient (Wildman–Crippen LogP) is 3.09. The van der Waals surface area contributed by atoms with Gasteiger partial charge in [-0.3, -0.25) is 9.63 Å². The predicted molar refractivity (Wildman–Crippen MR) is 118 cm³/mol. The molecule has 0 bridgehead atoms. The van der Waals surface area contributed by atoms with Crippen LogP contribution >= 0.6 is 22.6 Å². The number of amides is 1. The van der Waals surface area contributed by atoms with E-state index in [0.29, 0.717) is 3.57 Å². The Morgan fingerprint density at radius 2 is 2.00 bits per heavy atom. The van der Waals surface area contributed by atoms with Gasteiger partial charge >= 0.3 is 0 Å². The van der Waals surface area contributed by atoms with Crippen molar-refractivity contribution in [3.8, 4) is 0 Å². The number of nitrogens with zero attached hydrogens (tertiary/aromatic N) is 2. The minimum Gasteiger partial charge on any atom is -0.399 e. The van der Waals surface area contributed by atoms with Crippen LogP contribution in [0.5, 0.6) is 0 Å². The summed E-state index contributed by atoms with van der Waals surface area (Å²) in [6, 6.07) is 5.00. The van der Waals surface area contributed by atoms with E-state index in [1.807, 2.05) is 28.1 Å². The summed E-state index contributed by atoms with van der Waals surface area (Å²) in [4.78, 5) is 26.5. The Morgan fingerprint density at radius 1 is 1.22 bits per heavy atom. The van der Waals surface area contributed by atoms with Gasteiger partial charge in [0.05, 0.1) is 36.0 Å². The van der Waals surface area contributed by atoms with Crippen molar-refractivity contribution in [1.29, 1.82) is 0 Å². The zero-order chi connectivity index (χ0) is 23.5. The molecule has 2 rings (SSSR count). The number of aliphatic hydroxyl groups excluding tert-OH is 1. The van der Waals surface area contributed by atoms with Crippen molar-refractivity contribution in [2.45, 2.75) is 0 Å². The van der Waals surface area contributed by atoms with Crippen molar-refractivity contribution in [2.24, 2.45) is 10.3 Å². The molecule has 1 amide bonds. The van der Waals surface area contributed by atoms with Crippen molar-refractivity contribution in [3.05, 3.63) is 56.4 Å². The summed E-state index contributed by atoms with van der Waals surface area (Å²) < 4.78 is 44.3. The molecule has 32 heavy (non-hydrogen) atoms. The number of benzene rings is 2. The quantitative estimate of drug-likeness (QED) is 0.167. The highest BCUT2D eigenvalue weighted by molar-refractivity contribution is 14.1. The molecule has 0 aliphatic rings. The van der Waals surface area contributed by atoms with Gasteiger partial charge in [0.1, 0.15) is 26.1 Å². The van der Waals surface area contributed by atoms with E-state index in [4.69, 9.17) is 9.94 Å². The molecule has 0 aliphatic heterocycles. The number of aliphatic hydroxyl groups is 1. The van der Waals surface area contributed by atoms with Crippen LogP contribution < -0.4 is 10.8 Å². The van der Waals surface area contributed by atoms with E-state index in [1.165, 1.54) is 31.5 Å². The molecule has 0 aromatic heterocycles. The molecule has 0 atom stereocenters. The van der Waals surface area contributed by atoms with Gasteiger partial charge in [-0.1, -0.05) is 10.3 Å². The lowest BCUT2D eigenvalue weighted by Crippen LogP contribution is -2.26. The molecule has 0 fully saturated rings. The van der Waals surface area contributed by atoms with Gasteiger partial charge < -0.3 is 20.1 Å². The number of halogens is 4. The largest absolute Gasteiger partial charge is 0.399 e. The number of hydroxylamine groups is 1. The average Bonchev–Trinajstić information content (AvgIpc) is 2.77. The molecule has 2 aromatic rings. The van der Waals surface area contributed by atoms with Gasteiger partial charge in [0.25, 0.3) is 5.91 Å². The third-order valence-electron chi connectivity index (χ3n) is 3.62. The molecule has 172 valence electrons. The summed E-state index contributed by atoms with van der Waals surface area (Å²) in [5.41, 5.74) is 0.396. The first-order valence-corrected chi connectivity index (χ1v) is 9.94. The summed E-state index contributed by atoms with van der Waals surface area (Å²) in [6.07, 6.45) is 2.02. The van der Waals surface area contributed by atoms with Crippen molar-refractivity contribution in [3.63, 3.8) is 0 Å². The van der Waals surface area contributed by atoms with Crippen LogP contribution in [0.15, 0.2) is 34.6 Å². The minimum absolute atomic E-state index is 0.170. The van der Waals surface area contributed by atoms with E-state index < -0.39 is 40.2 Å². The van der Waals surface area contributed by atoms with Gasteiger partial charge in [-0.05, 0) is 46.9 Å². The Hall–Kier alpha value is -2.91. The van der Waals surface area contributed by atoms with E-state index in [0.717, 1.165) is 12.3 Å². The van der Waals surface area contributed by atoms with Gasteiger partial charge in [0.2, 0.25) is 0 Å². The summed E-state index contributed by atoms with van der Waals surface area (Å²) in [7, 11) is 1.31. The molecule has 0 saturated heterocycles. The second-order valence-electron chi connectivity index (χ2n) is 5.77. The van der Waals surface area contributed by atoms with Crippen LogP contribution in [0.3, 0.4) is 0 Å². The Morgan fingerprint density at radius 3 is 2.69 bits per heavy atom. The van der Waals surface area contributed by atoms with Crippen LogP contribution in [-0.4, -0.2) is 50.4 Å². The monoisotopic (exact) mass is 566 g/mol. The molecule has 0 spiro atoms. The van der Waals surface area contributed by atoms with Crippen molar-refractivity contribution < 1.29 is 37.6 Å². The number of carbonyl (C=O) groups is 1. The maximum atomic E-state index is 14.9. The summed E-state index contributed by atoms with van der Waals surface area (Å²) in [5.74, 6) is -4.52. The first-order valence-electron chi connectivity index (χ1n) is 8.86. The number of nitrogens with one attached hydrogen (secondary N) is 2. The fourth-order valence-corrected chi connectivity index (χ4v) is 2.71. The van der Waals surface area contributed by atoms with E-state index in [9.17, 15) is 18.0 Å². The second kappa shape index (κ2) is 12.8. The zero-order valence-corrected chi connectivity index (χ0v) is 18.7. The highest BCUT2D eigenvalue weighted by Gasteiger charge is 2.23.